The first-order chi connectivity index (χ1) is 10.4. The molecule has 1 aromatic heterocycles. The molecule has 0 radical (unpaired) electrons. The highest BCUT2D eigenvalue weighted by Gasteiger charge is 2.31. The minimum absolute atomic E-state index is 0.0393. The number of halogens is 3. The third kappa shape index (κ3) is 3.54. The number of aromatic nitrogens is 2. The molecule has 1 N–H and O–H groups in total. The van der Waals surface area contributed by atoms with E-state index in [0.717, 1.165) is 25.0 Å². The van der Waals surface area contributed by atoms with Crippen molar-refractivity contribution in [2.24, 2.45) is 0 Å². The van der Waals surface area contributed by atoms with Crippen molar-refractivity contribution in [1.29, 1.82) is 0 Å². The summed E-state index contributed by atoms with van der Waals surface area (Å²) in [5, 5.41) is 9.88. The largest absolute Gasteiger partial charge is 0.573 e. The van der Waals surface area contributed by atoms with Crippen LogP contribution in [0.4, 0.5) is 19.2 Å². The Bertz CT molecular complexity index is 678. The molecule has 2 aromatic rings. The zero-order chi connectivity index (χ0) is 15.7. The van der Waals surface area contributed by atoms with Crippen molar-refractivity contribution in [2.75, 3.05) is 5.32 Å². The normalized spacial score (nSPS) is 14.7. The molecule has 6 nitrogen and oxygen atoms in total. The van der Waals surface area contributed by atoms with Crippen LogP contribution in [0.5, 0.6) is 5.75 Å². The summed E-state index contributed by atoms with van der Waals surface area (Å²) in [6.07, 6.45) is -2.81. The molecule has 116 valence electrons. The SMILES string of the molecule is O=C(Nc1nnc(C2CC2)o1)c1ccc(OC(F)(F)F)cc1. The van der Waals surface area contributed by atoms with Crippen molar-refractivity contribution in [1.82, 2.24) is 10.2 Å². The summed E-state index contributed by atoms with van der Waals surface area (Å²) in [7, 11) is 0. The van der Waals surface area contributed by atoms with Gasteiger partial charge >= 0.3 is 12.4 Å². The molecule has 1 heterocycles. The van der Waals surface area contributed by atoms with E-state index in [-0.39, 0.29) is 17.5 Å². The molecule has 0 saturated heterocycles. The van der Waals surface area contributed by atoms with Crippen molar-refractivity contribution < 1.29 is 27.1 Å². The summed E-state index contributed by atoms with van der Waals surface area (Å²) in [4.78, 5) is 11.9. The summed E-state index contributed by atoms with van der Waals surface area (Å²) in [5.41, 5.74) is 0.140. The number of amides is 1. The Morgan fingerprint density at radius 2 is 1.91 bits per heavy atom. The monoisotopic (exact) mass is 313 g/mol. The lowest BCUT2D eigenvalue weighted by molar-refractivity contribution is -0.274. The van der Waals surface area contributed by atoms with Gasteiger partial charge in [0.15, 0.2) is 0 Å². The van der Waals surface area contributed by atoms with Crippen LogP contribution >= 0.6 is 0 Å². The number of carbonyl (C=O) groups is 1. The molecule has 3 rings (SSSR count). The molecule has 0 atom stereocenters. The summed E-state index contributed by atoms with van der Waals surface area (Å²) >= 11 is 0. The van der Waals surface area contributed by atoms with Gasteiger partial charge in [-0.15, -0.1) is 18.3 Å². The first-order valence-corrected chi connectivity index (χ1v) is 6.41. The van der Waals surface area contributed by atoms with Crippen molar-refractivity contribution in [3.8, 4) is 5.75 Å². The van der Waals surface area contributed by atoms with Gasteiger partial charge in [-0.1, -0.05) is 5.10 Å². The maximum atomic E-state index is 12.0. The number of ether oxygens (including phenoxy) is 1. The van der Waals surface area contributed by atoms with Crippen LogP contribution in [0.1, 0.15) is 35.0 Å². The summed E-state index contributed by atoms with van der Waals surface area (Å²) in [6, 6.07) is 4.46. The third-order valence-electron chi connectivity index (χ3n) is 2.94. The highest BCUT2D eigenvalue weighted by atomic mass is 19.4. The van der Waals surface area contributed by atoms with E-state index < -0.39 is 18.0 Å². The molecule has 0 spiro atoms. The average molecular weight is 313 g/mol. The second-order valence-corrected chi connectivity index (χ2v) is 4.75. The van der Waals surface area contributed by atoms with Crippen LogP contribution in [0.2, 0.25) is 0 Å². The van der Waals surface area contributed by atoms with Gasteiger partial charge in [-0.2, -0.15) is 0 Å². The summed E-state index contributed by atoms with van der Waals surface area (Å²) in [5.74, 6) is -0.233. The first kappa shape index (κ1) is 14.4. The van der Waals surface area contributed by atoms with Gasteiger partial charge in [-0.25, -0.2) is 0 Å². The summed E-state index contributed by atoms with van der Waals surface area (Å²) < 4.78 is 45.1. The highest BCUT2D eigenvalue weighted by Crippen LogP contribution is 2.39. The Balaban J connectivity index is 1.63. The smallest absolute Gasteiger partial charge is 0.408 e. The molecule has 1 aromatic carbocycles. The van der Waals surface area contributed by atoms with Crippen molar-refractivity contribution in [3.63, 3.8) is 0 Å². The van der Waals surface area contributed by atoms with E-state index in [4.69, 9.17) is 4.42 Å². The number of hydrogen-bond acceptors (Lipinski definition) is 5. The van der Waals surface area contributed by atoms with Gasteiger partial charge < -0.3 is 9.15 Å². The molecule has 0 unspecified atom stereocenters. The van der Waals surface area contributed by atoms with Crippen LogP contribution in [0, 0.1) is 0 Å². The number of hydrogen-bond donors (Lipinski definition) is 1. The van der Waals surface area contributed by atoms with E-state index in [1.165, 1.54) is 12.1 Å². The van der Waals surface area contributed by atoms with E-state index in [2.05, 4.69) is 20.3 Å². The van der Waals surface area contributed by atoms with Gasteiger partial charge in [0.25, 0.3) is 5.91 Å². The van der Waals surface area contributed by atoms with Gasteiger partial charge in [0, 0.05) is 11.5 Å². The maximum Gasteiger partial charge on any atom is 0.573 e. The zero-order valence-electron chi connectivity index (χ0n) is 11.1. The molecule has 1 aliphatic carbocycles. The second-order valence-electron chi connectivity index (χ2n) is 4.75. The van der Waals surface area contributed by atoms with Gasteiger partial charge in [0.05, 0.1) is 0 Å². The van der Waals surface area contributed by atoms with Gasteiger partial charge in [-0.3, -0.25) is 10.1 Å². The van der Waals surface area contributed by atoms with E-state index >= 15 is 0 Å². The summed E-state index contributed by atoms with van der Waals surface area (Å²) in [6.45, 7) is 0. The number of anilines is 1. The van der Waals surface area contributed by atoms with E-state index in [1.807, 2.05) is 0 Å². The Kier molecular flexibility index (Phi) is 3.47. The Hall–Kier alpha value is -2.58. The predicted molar refractivity (Wildman–Crippen MR) is 67.4 cm³/mol. The molecule has 22 heavy (non-hydrogen) atoms. The third-order valence-corrected chi connectivity index (χ3v) is 2.94. The van der Waals surface area contributed by atoms with E-state index in [0.29, 0.717) is 5.89 Å². The fraction of sp³-hybridized carbons (Fsp3) is 0.308. The Morgan fingerprint density at radius 3 is 2.50 bits per heavy atom. The maximum absolute atomic E-state index is 12.0. The topological polar surface area (TPSA) is 77.3 Å². The van der Waals surface area contributed by atoms with E-state index in [1.54, 1.807) is 0 Å². The fourth-order valence-corrected chi connectivity index (χ4v) is 1.76. The molecule has 1 fully saturated rings. The van der Waals surface area contributed by atoms with Gasteiger partial charge in [0.2, 0.25) is 5.89 Å². The quantitative estimate of drug-likeness (QED) is 0.938. The molecule has 9 heteroatoms. The van der Waals surface area contributed by atoms with Crippen molar-refractivity contribution in [2.45, 2.75) is 25.1 Å². The standard InChI is InChI=1S/C13H10F3N3O3/c14-13(15,16)22-9-5-3-7(4-6-9)10(20)17-12-19-18-11(21-12)8-1-2-8/h3-6,8H,1-2H2,(H,17,19,20). The zero-order valence-corrected chi connectivity index (χ0v) is 11.1. The number of nitrogens with one attached hydrogen (secondary N) is 1. The lowest BCUT2D eigenvalue weighted by Gasteiger charge is -2.08. The second kappa shape index (κ2) is 5.32. The predicted octanol–water partition coefficient (Wildman–Crippen LogP) is 3.10. The van der Waals surface area contributed by atoms with E-state index in [9.17, 15) is 18.0 Å². The first-order valence-electron chi connectivity index (χ1n) is 6.41. The van der Waals surface area contributed by atoms with Crippen molar-refractivity contribution >= 4 is 11.9 Å². The van der Waals surface area contributed by atoms with Crippen molar-refractivity contribution in [3.05, 3.63) is 35.7 Å². The minimum Gasteiger partial charge on any atom is -0.408 e. The van der Waals surface area contributed by atoms with Gasteiger partial charge in [-0.05, 0) is 37.1 Å². The number of carbonyl (C=O) groups excluding carboxylic acids is 1. The molecule has 1 saturated carbocycles. The number of alkyl halides is 3. The molecule has 0 bridgehead atoms. The van der Waals surface area contributed by atoms with Gasteiger partial charge in [0.1, 0.15) is 5.75 Å². The number of rotatable bonds is 4. The highest BCUT2D eigenvalue weighted by molar-refractivity contribution is 6.03. The average Bonchev–Trinajstić information content (AvgIpc) is 3.19. The van der Waals surface area contributed by atoms with Crippen LogP contribution in [0.15, 0.2) is 28.7 Å². The Morgan fingerprint density at radius 1 is 1.23 bits per heavy atom. The number of nitrogens with zero attached hydrogens (tertiary/aromatic N) is 2. The molecule has 1 amide bonds. The number of benzene rings is 1. The Labute approximate surface area is 122 Å². The van der Waals surface area contributed by atoms with Crippen LogP contribution in [-0.2, 0) is 0 Å². The molecular formula is C13H10F3N3O3. The molecular weight excluding hydrogens is 303 g/mol. The van der Waals surface area contributed by atoms with Crippen LogP contribution in [0.3, 0.4) is 0 Å². The fourth-order valence-electron chi connectivity index (χ4n) is 1.76. The van der Waals surface area contributed by atoms with Crippen LogP contribution in [0.25, 0.3) is 0 Å². The lowest BCUT2D eigenvalue weighted by Crippen LogP contribution is -2.17. The molecule has 0 aliphatic heterocycles. The van der Waals surface area contributed by atoms with Crippen LogP contribution < -0.4 is 10.1 Å². The molecule has 1 aliphatic rings. The minimum atomic E-state index is -4.77. The van der Waals surface area contributed by atoms with Crippen LogP contribution in [-0.4, -0.2) is 22.5 Å². The lowest BCUT2D eigenvalue weighted by atomic mass is 10.2.